The zero-order valence-electron chi connectivity index (χ0n) is 11.8. The largest absolute Gasteiger partial charge is 0.445 e. The first-order valence-electron chi connectivity index (χ1n) is 7.56. The fourth-order valence-electron chi connectivity index (χ4n) is 2.77. The zero-order chi connectivity index (χ0) is 13.8. The summed E-state index contributed by atoms with van der Waals surface area (Å²) in [6.45, 7) is 2.88. The highest BCUT2D eigenvalue weighted by molar-refractivity contribution is 5.72. The van der Waals surface area contributed by atoms with Crippen LogP contribution in [-0.4, -0.2) is 36.2 Å². The van der Waals surface area contributed by atoms with E-state index in [-0.39, 0.29) is 6.09 Å². The molecular formula is C16H22N2O2. The van der Waals surface area contributed by atoms with Gasteiger partial charge in [0.05, 0.1) is 12.1 Å². The van der Waals surface area contributed by atoms with Crippen molar-refractivity contribution in [1.29, 1.82) is 0 Å². The minimum Gasteiger partial charge on any atom is -0.445 e. The molecule has 4 rings (SSSR count). The fourth-order valence-corrected chi connectivity index (χ4v) is 2.77. The molecule has 0 bridgehead atoms. The van der Waals surface area contributed by atoms with E-state index in [1.807, 2.05) is 35.2 Å². The van der Waals surface area contributed by atoms with E-state index in [0.29, 0.717) is 18.7 Å². The summed E-state index contributed by atoms with van der Waals surface area (Å²) in [5, 5.41) is 3.00. The van der Waals surface area contributed by atoms with Crippen molar-refractivity contribution in [2.24, 2.45) is 0 Å². The van der Waals surface area contributed by atoms with Gasteiger partial charge in [0.25, 0.3) is 0 Å². The number of nitrogens with zero attached hydrogens (tertiary/aromatic N) is 1. The van der Waals surface area contributed by atoms with Crippen molar-refractivity contribution in [2.45, 2.75) is 44.4 Å². The molecule has 3 aliphatic rings. The van der Waals surface area contributed by atoms with Crippen molar-refractivity contribution in [3.05, 3.63) is 35.9 Å². The molecule has 2 heterocycles. The highest BCUT2D eigenvalue weighted by atomic mass is 16.6. The van der Waals surface area contributed by atoms with Crippen LogP contribution in [0.2, 0.25) is 0 Å². The number of nitrogens with one attached hydrogen (secondary N) is 1. The lowest BCUT2D eigenvalue weighted by Crippen LogP contribution is -2.15. The SMILES string of the molecule is C1CN1.O=C(OCc1ccccc1)N1C2CCCCC21. The Kier molecular flexibility index (Phi) is 4.21. The van der Waals surface area contributed by atoms with Crippen LogP contribution in [-0.2, 0) is 11.3 Å². The Morgan fingerprint density at radius 1 is 1.15 bits per heavy atom. The molecule has 1 aromatic rings. The third kappa shape index (κ3) is 3.51. The van der Waals surface area contributed by atoms with E-state index < -0.39 is 0 Å². The summed E-state index contributed by atoms with van der Waals surface area (Å²) in [5.74, 6) is 0. The van der Waals surface area contributed by atoms with E-state index >= 15 is 0 Å². The van der Waals surface area contributed by atoms with Crippen LogP contribution in [0.5, 0.6) is 0 Å². The van der Waals surface area contributed by atoms with Gasteiger partial charge >= 0.3 is 6.09 Å². The summed E-state index contributed by atoms with van der Waals surface area (Å²) < 4.78 is 5.33. The average Bonchev–Trinajstić information content (AvgIpc) is 3.39. The number of hydrogen-bond acceptors (Lipinski definition) is 3. The number of carbonyl (C=O) groups excluding carboxylic acids is 1. The smallest absolute Gasteiger partial charge is 0.410 e. The van der Waals surface area contributed by atoms with E-state index in [1.54, 1.807) is 0 Å². The molecule has 1 saturated carbocycles. The molecule has 3 fully saturated rings. The minimum absolute atomic E-state index is 0.134. The molecule has 4 nitrogen and oxygen atoms in total. The quantitative estimate of drug-likeness (QED) is 0.843. The molecule has 2 aliphatic heterocycles. The Morgan fingerprint density at radius 3 is 2.30 bits per heavy atom. The van der Waals surface area contributed by atoms with Gasteiger partial charge in [-0.1, -0.05) is 43.2 Å². The van der Waals surface area contributed by atoms with E-state index in [4.69, 9.17) is 4.74 Å². The number of fused-ring (bicyclic) bond motifs is 1. The second kappa shape index (κ2) is 6.27. The molecule has 4 heteroatoms. The van der Waals surface area contributed by atoms with Gasteiger partial charge in [0, 0.05) is 13.1 Å². The fraction of sp³-hybridized carbons (Fsp3) is 0.562. The van der Waals surface area contributed by atoms with Crippen molar-refractivity contribution < 1.29 is 9.53 Å². The number of ether oxygens (including phenoxy) is 1. The third-order valence-corrected chi connectivity index (χ3v) is 3.98. The van der Waals surface area contributed by atoms with Gasteiger partial charge in [-0.2, -0.15) is 0 Å². The van der Waals surface area contributed by atoms with Crippen LogP contribution in [0.1, 0.15) is 31.2 Å². The highest BCUT2D eigenvalue weighted by Crippen LogP contribution is 2.40. The molecule has 108 valence electrons. The van der Waals surface area contributed by atoms with Crippen LogP contribution in [0, 0.1) is 0 Å². The third-order valence-electron chi connectivity index (χ3n) is 3.98. The molecule has 1 amide bonds. The van der Waals surface area contributed by atoms with Crippen LogP contribution < -0.4 is 5.32 Å². The van der Waals surface area contributed by atoms with Gasteiger partial charge in [-0.05, 0) is 18.4 Å². The molecule has 1 aliphatic carbocycles. The Hall–Kier alpha value is -1.55. The van der Waals surface area contributed by atoms with Gasteiger partial charge in [-0.15, -0.1) is 0 Å². The molecule has 20 heavy (non-hydrogen) atoms. The number of likely N-dealkylation sites (tertiary alicyclic amines) is 1. The molecule has 2 saturated heterocycles. The van der Waals surface area contributed by atoms with Gasteiger partial charge in [0.15, 0.2) is 0 Å². The predicted molar refractivity (Wildman–Crippen MR) is 77.4 cm³/mol. The second-order valence-electron chi connectivity index (χ2n) is 5.62. The van der Waals surface area contributed by atoms with Crippen LogP contribution in [0.4, 0.5) is 4.79 Å². The summed E-state index contributed by atoms with van der Waals surface area (Å²) in [6, 6.07) is 10.8. The first kappa shape index (κ1) is 13.4. The summed E-state index contributed by atoms with van der Waals surface area (Å²) in [4.78, 5) is 13.8. The molecule has 0 aromatic heterocycles. The predicted octanol–water partition coefficient (Wildman–Crippen LogP) is 2.54. The Balaban J connectivity index is 0.000000358. The molecule has 1 aromatic carbocycles. The van der Waals surface area contributed by atoms with Crippen molar-refractivity contribution in [3.8, 4) is 0 Å². The molecule has 2 unspecified atom stereocenters. The van der Waals surface area contributed by atoms with Crippen molar-refractivity contribution in [2.75, 3.05) is 13.1 Å². The maximum Gasteiger partial charge on any atom is 0.410 e. The van der Waals surface area contributed by atoms with E-state index in [1.165, 1.54) is 25.9 Å². The zero-order valence-corrected chi connectivity index (χ0v) is 11.8. The standard InChI is InChI=1S/C14H17NO2.C2H5N/c16-14(15-12-8-4-5-9-13(12)15)17-10-11-6-2-1-3-7-11;1-2-3-1/h1-3,6-7,12-13H,4-5,8-10H2;3H,1-2H2. The average molecular weight is 274 g/mol. The molecule has 0 radical (unpaired) electrons. The lowest BCUT2D eigenvalue weighted by Gasteiger charge is -2.06. The summed E-state index contributed by atoms with van der Waals surface area (Å²) >= 11 is 0. The first-order chi connectivity index (χ1) is 9.86. The van der Waals surface area contributed by atoms with E-state index in [0.717, 1.165) is 18.4 Å². The number of benzene rings is 1. The van der Waals surface area contributed by atoms with Crippen LogP contribution in [0.25, 0.3) is 0 Å². The lowest BCUT2D eigenvalue weighted by molar-refractivity contribution is 0.120. The van der Waals surface area contributed by atoms with Gasteiger partial charge in [-0.3, -0.25) is 4.90 Å². The van der Waals surface area contributed by atoms with Gasteiger partial charge in [-0.25, -0.2) is 4.79 Å². The van der Waals surface area contributed by atoms with Crippen molar-refractivity contribution >= 4 is 6.09 Å². The van der Waals surface area contributed by atoms with Crippen LogP contribution >= 0.6 is 0 Å². The molecular weight excluding hydrogens is 252 g/mol. The maximum absolute atomic E-state index is 11.8. The lowest BCUT2D eigenvalue weighted by atomic mass is 10.0. The van der Waals surface area contributed by atoms with Crippen LogP contribution in [0.15, 0.2) is 30.3 Å². The minimum atomic E-state index is -0.134. The number of amides is 1. The summed E-state index contributed by atoms with van der Waals surface area (Å²) in [5.41, 5.74) is 1.05. The molecule has 2 atom stereocenters. The second-order valence-corrected chi connectivity index (χ2v) is 5.62. The first-order valence-corrected chi connectivity index (χ1v) is 7.56. The topological polar surface area (TPSA) is 51.3 Å². The normalized spacial score (nSPS) is 25.9. The van der Waals surface area contributed by atoms with Gasteiger partial charge < -0.3 is 10.1 Å². The number of hydrogen-bond donors (Lipinski definition) is 1. The van der Waals surface area contributed by atoms with Gasteiger partial charge in [0.2, 0.25) is 0 Å². The van der Waals surface area contributed by atoms with E-state index in [9.17, 15) is 4.79 Å². The summed E-state index contributed by atoms with van der Waals surface area (Å²) in [6.07, 6.45) is 4.69. The highest BCUT2D eigenvalue weighted by Gasteiger charge is 2.52. The van der Waals surface area contributed by atoms with Gasteiger partial charge in [0.1, 0.15) is 6.61 Å². The summed E-state index contributed by atoms with van der Waals surface area (Å²) in [7, 11) is 0. The molecule has 0 spiro atoms. The Morgan fingerprint density at radius 2 is 1.75 bits per heavy atom. The van der Waals surface area contributed by atoms with Crippen molar-refractivity contribution in [3.63, 3.8) is 0 Å². The maximum atomic E-state index is 11.8. The number of carbonyl (C=O) groups is 1. The number of rotatable bonds is 2. The Labute approximate surface area is 120 Å². The van der Waals surface area contributed by atoms with Crippen LogP contribution in [0.3, 0.4) is 0 Å². The molecule has 1 N–H and O–H groups in total. The monoisotopic (exact) mass is 274 g/mol. The van der Waals surface area contributed by atoms with E-state index in [2.05, 4.69) is 5.32 Å². The Bertz CT molecular complexity index is 432. The van der Waals surface area contributed by atoms with Crippen molar-refractivity contribution in [1.82, 2.24) is 10.2 Å².